The van der Waals surface area contributed by atoms with Crippen molar-refractivity contribution >= 4 is 23.2 Å². The molecule has 27 heavy (non-hydrogen) atoms. The van der Waals surface area contributed by atoms with Gasteiger partial charge in [0.05, 0.1) is 17.8 Å². The van der Waals surface area contributed by atoms with Crippen LogP contribution < -0.4 is 11.2 Å². The number of rotatable bonds is 3. The normalized spacial score (nSPS) is 11.0. The molecule has 3 heterocycles. The summed E-state index contributed by atoms with van der Waals surface area (Å²) < 4.78 is 2.74. The summed E-state index contributed by atoms with van der Waals surface area (Å²) in [5, 5.41) is 0.823. The van der Waals surface area contributed by atoms with Gasteiger partial charge in [-0.1, -0.05) is 35.3 Å². The van der Waals surface area contributed by atoms with E-state index in [1.165, 1.54) is 0 Å². The van der Waals surface area contributed by atoms with Crippen LogP contribution in [0.25, 0.3) is 17.1 Å². The highest BCUT2D eigenvalue weighted by molar-refractivity contribution is 6.30. The summed E-state index contributed by atoms with van der Waals surface area (Å²) in [6.45, 7) is 0.397. The molecule has 0 aliphatic carbocycles. The summed E-state index contributed by atoms with van der Waals surface area (Å²) in [5.74, 6) is 0.306. The molecule has 2 aliphatic heterocycles. The van der Waals surface area contributed by atoms with Gasteiger partial charge in [0, 0.05) is 17.4 Å². The number of halogens is 2. The summed E-state index contributed by atoms with van der Waals surface area (Å²) in [6.07, 6.45) is 3.39. The van der Waals surface area contributed by atoms with Gasteiger partial charge in [-0.15, -0.1) is 0 Å². The van der Waals surface area contributed by atoms with Crippen LogP contribution in [0.2, 0.25) is 10.2 Å². The van der Waals surface area contributed by atoms with Crippen molar-refractivity contribution in [2.45, 2.75) is 6.54 Å². The van der Waals surface area contributed by atoms with Crippen molar-refractivity contribution in [2.75, 3.05) is 0 Å². The van der Waals surface area contributed by atoms with Gasteiger partial charge in [-0.3, -0.25) is 4.79 Å². The minimum atomic E-state index is -0.663. The van der Waals surface area contributed by atoms with E-state index in [4.69, 9.17) is 23.2 Å². The molecule has 8 heteroatoms. The van der Waals surface area contributed by atoms with Crippen LogP contribution in [-0.4, -0.2) is 19.1 Å². The number of aromatic nitrogens is 4. The second-order valence-corrected chi connectivity index (χ2v) is 6.70. The molecule has 0 bridgehead atoms. The van der Waals surface area contributed by atoms with Gasteiger partial charge in [-0.25, -0.2) is 14.3 Å². The number of pyridine rings is 2. The number of benzene rings is 1. The van der Waals surface area contributed by atoms with Crippen LogP contribution >= 0.6 is 23.2 Å². The molecular weight excluding hydrogens is 387 g/mol. The molecule has 0 atom stereocenters. The van der Waals surface area contributed by atoms with Gasteiger partial charge in [-0.05, 0) is 42.0 Å². The average molecular weight is 399 g/mol. The predicted molar refractivity (Wildman–Crippen MR) is 104 cm³/mol. The van der Waals surface area contributed by atoms with E-state index in [-0.39, 0.29) is 0 Å². The quantitative estimate of drug-likeness (QED) is 0.496. The molecule has 2 aromatic rings. The number of fused-ring (bicyclic) bond motifs is 1. The molecule has 134 valence electrons. The summed E-state index contributed by atoms with van der Waals surface area (Å²) in [5.41, 5.74) is 0.466. The molecule has 0 spiro atoms. The zero-order valence-corrected chi connectivity index (χ0v) is 15.4. The molecule has 0 fully saturated rings. The van der Waals surface area contributed by atoms with E-state index in [0.717, 1.165) is 10.1 Å². The van der Waals surface area contributed by atoms with E-state index in [9.17, 15) is 9.59 Å². The molecule has 0 unspecified atom stereocenters. The Morgan fingerprint density at radius 1 is 1.00 bits per heavy atom. The Balaban J connectivity index is 1.87. The second-order valence-electron chi connectivity index (χ2n) is 5.88. The molecule has 0 saturated heterocycles. The largest absolute Gasteiger partial charge is 0.357 e. The Bertz CT molecular complexity index is 1220. The third kappa shape index (κ3) is 3.37. The molecule has 1 aromatic carbocycles. The molecule has 0 saturated carbocycles. The SMILES string of the molecule is O=c1nc2n(Cc3ccc(Cl)nc3)cccc-2c(=O)n1-c1cccc(Cl)c1. The molecule has 1 aromatic heterocycles. The zero-order valence-electron chi connectivity index (χ0n) is 13.8. The fourth-order valence-electron chi connectivity index (χ4n) is 2.85. The highest BCUT2D eigenvalue weighted by Gasteiger charge is 2.18. The van der Waals surface area contributed by atoms with Crippen molar-refractivity contribution < 1.29 is 0 Å². The van der Waals surface area contributed by atoms with E-state index >= 15 is 0 Å². The fraction of sp³-hybridized carbons (Fsp3) is 0.0526. The highest BCUT2D eigenvalue weighted by Crippen LogP contribution is 2.17. The summed E-state index contributed by atoms with van der Waals surface area (Å²) in [4.78, 5) is 33.7. The van der Waals surface area contributed by atoms with Crippen LogP contribution in [0.4, 0.5) is 0 Å². The van der Waals surface area contributed by atoms with Gasteiger partial charge < -0.3 is 4.57 Å². The van der Waals surface area contributed by atoms with Gasteiger partial charge in [0.1, 0.15) is 5.15 Å². The average Bonchev–Trinajstić information content (AvgIpc) is 2.64. The van der Waals surface area contributed by atoms with Crippen molar-refractivity contribution in [2.24, 2.45) is 0 Å². The number of nitrogens with zero attached hydrogens (tertiary/aromatic N) is 4. The maximum absolute atomic E-state index is 12.9. The van der Waals surface area contributed by atoms with Crippen LogP contribution in [0.5, 0.6) is 0 Å². The van der Waals surface area contributed by atoms with Crippen LogP contribution in [0, 0.1) is 0 Å². The van der Waals surface area contributed by atoms with Crippen molar-refractivity contribution in [1.82, 2.24) is 19.1 Å². The number of hydrogen-bond donors (Lipinski definition) is 0. The summed E-state index contributed by atoms with van der Waals surface area (Å²) in [6, 6.07) is 13.4. The minimum absolute atomic E-state index is 0.306. The third-order valence-corrected chi connectivity index (χ3v) is 4.53. The molecule has 6 nitrogen and oxygen atoms in total. The monoisotopic (exact) mass is 398 g/mol. The molecule has 4 rings (SSSR count). The molecular formula is C19H12Cl2N4O2. The van der Waals surface area contributed by atoms with Crippen molar-refractivity contribution in [3.05, 3.63) is 97.5 Å². The molecule has 0 N–H and O–H groups in total. The Morgan fingerprint density at radius 2 is 1.85 bits per heavy atom. The van der Waals surface area contributed by atoms with Crippen LogP contribution in [0.1, 0.15) is 5.56 Å². The van der Waals surface area contributed by atoms with Gasteiger partial charge in [0.15, 0.2) is 5.82 Å². The standard InChI is InChI=1S/C19H12Cl2N4O2/c20-13-3-1-4-14(9-13)25-18(26)15-5-2-8-24(17(15)23-19(25)27)11-12-6-7-16(21)22-10-12/h1-10H,11H2. The Hall–Kier alpha value is -2.96. The van der Waals surface area contributed by atoms with Crippen LogP contribution in [-0.2, 0) is 6.54 Å². The smallest absolute Gasteiger partial charge is 0.328 e. The fourth-order valence-corrected chi connectivity index (χ4v) is 3.15. The van der Waals surface area contributed by atoms with E-state index in [1.807, 2.05) is 6.07 Å². The molecule has 0 radical (unpaired) electrons. The maximum atomic E-state index is 12.9. The van der Waals surface area contributed by atoms with Gasteiger partial charge in [0.2, 0.25) is 0 Å². The maximum Gasteiger partial charge on any atom is 0.357 e. The van der Waals surface area contributed by atoms with E-state index < -0.39 is 11.2 Å². The lowest BCUT2D eigenvalue weighted by Gasteiger charge is -2.15. The van der Waals surface area contributed by atoms with Crippen molar-refractivity contribution in [1.29, 1.82) is 0 Å². The van der Waals surface area contributed by atoms with E-state index in [0.29, 0.717) is 33.8 Å². The third-order valence-electron chi connectivity index (χ3n) is 4.08. The van der Waals surface area contributed by atoms with E-state index in [2.05, 4.69) is 9.97 Å². The second kappa shape index (κ2) is 6.98. The lowest BCUT2D eigenvalue weighted by molar-refractivity contribution is 0.750. The first-order valence-electron chi connectivity index (χ1n) is 8.01. The Morgan fingerprint density at radius 3 is 2.59 bits per heavy atom. The first-order valence-corrected chi connectivity index (χ1v) is 8.77. The zero-order chi connectivity index (χ0) is 19.0. The van der Waals surface area contributed by atoms with Crippen molar-refractivity contribution in [3.63, 3.8) is 0 Å². The lowest BCUT2D eigenvalue weighted by Crippen LogP contribution is -2.36. The molecule has 2 aliphatic rings. The lowest BCUT2D eigenvalue weighted by atomic mass is 10.2. The predicted octanol–water partition coefficient (Wildman–Crippen LogP) is 3.25. The van der Waals surface area contributed by atoms with E-state index in [1.54, 1.807) is 59.4 Å². The van der Waals surface area contributed by atoms with Crippen LogP contribution in [0.15, 0.2) is 70.5 Å². The Labute approximate surface area is 163 Å². The number of hydrogen-bond acceptors (Lipinski definition) is 4. The topological polar surface area (TPSA) is 69.8 Å². The van der Waals surface area contributed by atoms with Gasteiger partial charge >= 0.3 is 5.69 Å². The molecule has 0 amide bonds. The van der Waals surface area contributed by atoms with Crippen molar-refractivity contribution in [3.8, 4) is 17.1 Å². The first kappa shape index (κ1) is 17.5. The first-order chi connectivity index (χ1) is 13.0. The summed E-state index contributed by atoms with van der Waals surface area (Å²) >= 11 is 11.8. The Kier molecular flexibility index (Phi) is 4.51. The van der Waals surface area contributed by atoms with Gasteiger partial charge in [-0.2, -0.15) is 4.98 Å². The minimum Gasteiger partial charge on any atom is -0.328 e. The van der Waals surface area contributed by atoms with Crippen LogP contribution in [0.3, 0.4) is 0 Å². The summed E-state index contributed by atoms with van der Waals surface area (Å²) in [7, 11) is 0. The van der Waals surface area contributed by atoms with Gasteiger partial charge in [0.25, 0.3) is 5.56 Å². The highest BCUT2D eigenvalue weighted by atomic mass is 35.5.